The lowest BCUT2D eigenvalue weighted by Gasteiger charge is -2.33. The van der Waals surface area contributed by atoms with Crippen LogP contribution in [0.1, 0.15) is 40.6 Å². The number of aryl methyl sites for hydroxylation is 2. The number of carbonyl (C=O) groups excluding carboxylic acids is 1. The lowest BCUT2D eigenvalue weighted by molar-refractivity contribution is 0.179. The summed E-state index contributed by atoms with van der Waals surface area (Å²) in [6.45, 7) is 6.28. The van der Waals surface area contributed by atoms with Gasteiger partial charge < -0.3 is 10.2 Å². The van der Waals surface area contributed by atoms with Gasteiger partial charge in [0.1, 0.15) is 0 Å². The molecule has 2 amide bonds. The predicted octanol–water partition coefficient (Wildman–Crippen LogP) is 3.85. The van der Waals surface area contributed by atoms with Gasteiger partial charge in [-0.1, -0.05) is 24.3 Å². The molecule has 1 N–H and O–H groups in total. The van der Waals surface area contributed by atoms with Crippen molar-refractivity contribution in [2.24, 2.45) is 0 Å². The number of hydrogen-bond acceptors (Lipinski definition) is 3. The normalized spacial score (nSPS) is 18.0. The highest BCUT2D eigenvalue weighted by Crippen LogP contribution is 2.29. The third kappa shape index (κ3) is 3.91. The first-order valence-electron chi connectivity index (χ1n) is 8.13. The second-order valence-corrected chi connectivity index (χ2v) is 7.22. The minimum Gasteiger partial charge on any atom is -0.332 e. The minimum atomic E-state index is 0.0222. The molecular formula is C18H23N3OS. The third-order valence-electron chi connectivity index (χ3n) is 4.42. The first kappa shape index (κ1) is 16.0. The van der Waals surface area contributed by atoms with E-state index >= 15 is 0 Å². The number of nitrogens with zero attached hydrogens (tertiary/aromatic N) is 2. The molecule has 1 aliphatic heterocycles. The monoisotopic (exact) mass is 329 g/mol. The van der Waals surface area contributed by atoms with Crippen molar-refractivity contribution in [2.45, 2.75) is 39.2 Å². The van der Waals surface area contributed by atoms with Crippen LogP contribution in [0.5, 0.6) is 0 Å². The average Bonchev–Trinajstić information content (AvgIpc) is 2.98. The van der Waals surface area contributed by atoms with Gasteiger partial charge in [-0.25, -0.2) is 9.78 Å². The van der Waals surface area contributed by atoms with Crippen molar-refractivity contribution in [3.05, 3.63) is 51.5 Å². The fourth-order valence-electron chi connectivity index (χ4n) is 3.23. The van der Waals surface area contributed by atoms with Crippen molar-refractivity contribution in [3.63, 3.8) is 0 Å². The average molecular weight is 329 g/mol. The van der Waals surface area contributed by atoms with Gasteiger partial charge in [-0.2, -0.15) is 0 Å². The van der Waals surface area contributed by atoms with E-state index in [9.17, 15) is 4.79 Å². The lowest BCUT2D eigenvalue weighted by Crippen LogP contribution is -2.44. The molecule has 2 heterocycles. The molecule has 1 fully saturated rings. The zero-order valence-corrected chi connectivity index (χ0v) is 14.5. The van der Waals surface area contributed by atoms with Crippen LogP contribution >= 0.6 is 11.3 Å². The summed E-state index contributed by atoms with van der Waals surface area (Å²) in [5, 5.41) is 6.04. The molecule has 5 heteroatoms. The zero-order valence-electron chi connectivity index (χ0n) is 13.7. The van der Waals surface area contributed by atoms with Gasteiger partial charge in [0, 0.05) is 24.4 Å². The van der Waals surface area contributed by atoms with E-state index in [-0.39, 0.29) is 6.03 Å². The van der Waals surface area contributed by atoms with Gasteiger partial charge in [-0.3, -0.25) is 0 Å². The van der Waals surface area contributed by atoms with E-state index in [1.165, 1.54) is 11.1 Å². The highest BCUT2D eigenvalue weighted by atomic mass is 32.1. The summed E-state index contributed by atoms with van der Waals surface area (Å²) in [6, 6.07) is 8.53. The molecule has 1 saturated heterocycles. The summed E-state index contributed by atoms with van der Waals surface area (Å²) in [4.78, 5) is 18.8. The Morgan fingerprint density at radius 3 is 2.96 bits per heavy atom. The summed E-state index contributed by atoms with van der Waals surface area (Å²) < 4.78 is 0. The van der Waals surface area contributed by atoms with Crippen molar-refractivity contribution in [1.29, 1.82) is 0 Å². The van der Waals surface area contributed by atoms with Crippen LogP contribution in [0.3, 0.4) is 0 Å². The Bertz CT molecular complexity index is 682. The number of likely N-dealkylation sites (tertiary alicyclic amines) is 1. The van der Waals surface area contributed by atoms with Crippen LogP contribution in [-0.4, -0.2) is 29.0 Å². The van der Waals surface area contributed by atoms with Crippen LogP contribution < -0.4 is 5.32 Å². The van der Waals surface area contributed by atoms with E-state index in [2.05, 4.69) is 41.5 Å². The minimum absolute atomic E-state index is 0.0222. The standard InChI is InChI=1S/C18H23N3OS/c1-13-6-3-4-8-17(13)15-7-5-9-21(11-15)18(22)19-10-16-12-23-14(2)20-16/h3-4,6,8,12,15H,5,7,9-11H2,1-2H3,(H,19,22)/t15-/m1/s1. The van der Waals surface area contributed by atoms with Crippen LogP contribution in [-0.2, 0) is 6.54 Å². The Hall–Kier alpha value is -1.88. The maximum absolute atomic E-state index is 12.4. The van der Waals surface area contributed by atoms with E-state index < -0.39 is 0 Å². The van der Waals surface area contributed by atoms with Crippen LogP contribution in [0.25, 0.3) is 0 Å². The Balaban J connectivity index is 1.59. The van der Waals surface area contributed by atoms with Crippen LogP contribution in [0.15, 0.2) is 29.6 Å². The molecule has 1 aromatic carbocycles. The molecule has 0 radical (unpaired) electrons. The fourth-order valence-corrected chi connectivity index (χ4v) is 3.84. The molecule has 1 atom stereocenters. The number of piperidine rings is 1. The van der Waals surface area contributed by atoms with Crippen LogP contribution in [0.2, 0.25) is 0 Å². The lowest BCUT2D eigenvalue weighted by atomic mass is 9.88. The Morgan fingerprint density at radius 2 is 2.22 bits per heavy atom. The largest absolute Gasteiger partial charge is 0.332 e. The van der Waals surface area contributed by atoms with Gasteiger partial charge in [-0.15, -0.1) is 11.3 Å². The summed E-state index contributed by atoms with van der Waals surface area (Å²) in [7, 11) is 0. The Labute approximate surface area is 141 Å². The number of benzene rings is 1. The molecule has 1 aliphatic rings. The van der Waals surface area contributed by atoms with Crippen molar-refractivity contribution >= 4 is 17.4 Å². The molecule has 4 nitrogen and oxygen atoms in total. The van der Waals surface area contributed by atoms with E-state index in [0.717, 1.165) is 36.6 Å². The molecule has 23 heavy (non-hydrogen) atoms. The number of hydrogen-bond donors (Lipinski definition) is 1. The smallest absolute Gasteiger partial charge is 0.317 e. The number of thiazole rings is 1. The fraction of sp³-hybridized carbons (Fsp3) is 0.444. The summed E-state index contributed by atoms with van der Waals surface area (Å²) >= 11 is 1.61. The maximum atomic E-state index is 12.4. The summed E-state index contributed by atoms with van der Waals surface area (Å²) in [5.74, 6) is 0.442. The Kier molecular flexibility index (Phi) is 4.96. The SMILES string of the molecule is Cc1nc(CNC(=O)N2CCC[C@@H](c3ccccc3C)C2)cs1. The quantitative estimate of drug-likeness (QED) is 0.929. The summed E-state index contributed by atoms with van der Waals surface area (Å²) in [5.41, 5.74) is 3.63. The number of aromatic nitrogens is 1. The van der Waals surface area contributed by atoms with Gasteiger partial charge in [0.15, 0.2) is 0 Å². The maximum Gasteiger partial charge on any atom is 0.317 e. The molecule has 0 unspecified atom stereocenters. The van der Waals surface area contributed by atoms with Gasteiger partial charge >= 0.3 is 6.03 Å². The molecule has 2 aromatic rings. The topological polar surface area (TPSA) is 45.2 Å². The van der Waals surface area contributed by atoms with Crippen LogP contribution in [0.4, 0.5) is 4.79 Å². The van der Waals surface area contributed by atoms with Gasteiger partial charge in [0.2, 0.25) is 0 Å². The molecule has 122 valence electrons. The predicted molar refractivity (Wildman–Crippen MR) is 93.8 cm³/mol. The molecule has 3 rings (SSSR count). The van der Waals surface area contributed by atoms with Crippen molar-refractivity contribution in [1.82, 2.24) is 15.2 Å². The van der Waals surface area contributed by atoms with Crippen LogP contribution in [0, 0.1) is 13.8 Å². The van der Waals surface area contributed by atoms with Crippen molar-refractivity contribution < 1.29 is 4.79 Å². The number of urea groups is 1. The third-order valence-corrected chi connectivity index (χ3v) is 5.25. The first-order chi connectivity index (χ1) is 11.1. The highest BCUT2D eigenvalue weighted by molar-refractivity contribution is 7.09. The molecule has 0 saturated carbocycles. The number of rotatable bonds is 3. The van der Waals surface area contributed by atoms with E-state index in [1.807, 2.05) is 17.2 Å². The molecule has 0 bridgehead atoms. The van der Waals surface area contributed by atoms with Crippen molar-refractivity contribution in [2.75, 3.05) is 13.1 Å². The number of amides is 2. The van der Waals surface area contributed by atoms with E-state index in [0.29, 0.717) is 12.5 Å². The zero-order chi connectivity index (χ0) is 16.2. The molecule has 1 aromatic heterocycles. The van der Waals surface area contributed by atoms with E-state index in [4.69, 9.17) is 0 Å². The second kappa shape index (κ2) is 7.13. The first-order valence-corrected chi connectivity index (χ1v) is 9.01. The van der Waals surface area contributed by atoms with Gasteiger partial charge in [-0.05, 0) is 37.8 Å². The van der Waals surface area contributed by atoms with Crippen molar-refractivity contribution in [3.8, 4) is 0 Å². The number of nitrogens with one attached hydrogen (secondary N) is 1. The number of carbonyl (C=O) groups is 1. The highest BCUT2D eigenvalue weighted by Gasteiger charge is 2.25. The van der Waals surface area contributed by atoms with Gasteiger partial charge in [0.05, 0.1) is 17.2 Å². The molecule has 0 aliphatic carbocycles. The molecule has 0 spiro atoms. The Morgan fingerprint density at radius 1 is 1.39 bits per heavy atom. The summed E-state index contributed by atoms with van der Waals surface area (Å²) in [6.07, 6.45) is 2.21. The second-order valence-electron chi connectivity index (χ2n) is 6.16. The van der Waals surface area contributed by atoms with E-state index in [1.54, 1.807) is 11.3 Å². The van der Waals surface area contributed by atoms with Gasteiger partial charge in [0.25, 0.3) is 0 Å². The molecular weight excluding hydrogens is 306 g/mol.